The zero-order chi connectivity index (χ0) is 25.4. The van der Waals surface area contributed by atoms with Gasteiger partial charge in [-0.2, -0.15) is 4.98 Å². The van der Waals surface area contributed by atoms with Gasteiger partial charge >= 0.3 is 0 Å². The van der Waals surface area contributed by atoms with Gasteiger partial charge in [-0.15, -0.1) is 0 Å². The van der Waals surface area contributed by atoms with Crippen molar-refractivity contribution in [3.63, 3.8) is 0 Å². The van der Waals surface area contributed by atoms with Crippen LogP contribution < -0.4 is 15.0 Å². The molecule has 2 aliphatic rings. The molecule has 3 aromatic rings. The number of nitrogens with one attached hydrogen (secondary N) is 1. The summed E-state index contributed by atoms with van der Waals surface area (Å²) in [6.45, 7) is 6.72. The number of fused-ring (bicyclic) bond motifs is 1. The summed E-state index contributed by atoms with van der Waals surface area (Å²) in [5.74, 6) is 0.957. The van der Waals surface area contributed by atoms with Crippen LogP contribution in [0.15, 0.2) is 16.7 Å². The number of benzene rings is 1. The van der Waals surface area contributed by atoms with Crippen LogP contribution in [0.2, 0.25) is 0 Å². The van der Waals surface area contributed by atoms with Crippen molar-refractivity contribution in [2.75, 3.05) is 31.2 Å². The molecule has 0 saturated carbocycles. The number of halogens is 1. The third kappa shape index (κ3) is 5.39. The molecule has 8 nitrogen and oxygen atoms in total. The SMILES string of the molecule is [B]C([B])([B])Oc1cc(F)c2nc(N3CCC(N[C@@H]4CCCOC4)CC3)c(-c3nc(C)no3)c(C)c2c1. The van der Waals surface area contributed by atoms with E-state index in [2.05, 4.69) is 20.4 Å². The highest BCUT2D eigenvalue weighted by atomic mass is 19.1. The van der Waals surface area contributed by atoms with E-state index in [0.29, 0.717) is 40.6 Å². The zero-order valence-corrected chi connectivity index (χ0v) is 20.6. The van der Waals surface area contributed by atoms with E-state index in [1.54, 1.807) is 13.0 Å². The molecule has 0 bridgehead atoms. The van der Waals surface area contributed by atoms with E-state index in [4.69, 9.17) is 42.5 Å². The molecule has 2 fully saturated rings. The normalized spacial score (nSPS) is 19.6. The molecule has 182 valence electrons. The Bertz CT molecular complexity index is 1240. The zero-order valence-electron chi connectivity index (χ0n) is 20.6. The minimum absolute atomic E-state index is 0.0939. The predicted molar refractivity (Wildman–Crippen MR) is 137 cm³/mol. The maximum absolute atomic E-state index is 15.3. The molecule has 2 aliphatic heterocycles. The number of aromatic nitrogens is 3. The molecule has 0 unspecified atom stereocenters. The molecule has 1 aromatic carbocycles. The van der Waals surface area contributed by atoms with E-state index in [1.165, 1.54) is 6.07 Å². The van der Waals surface area contributed by atoms with E-state index >= 15 is 4.39 Å². The lowest BCUT2D eigenvalue weighted by Crippen LogP contribution is -2.48. The number of ether oxygens (including phenoxy) is 2. The third-order valence-corrected chi connectivity index (χ3v) is 6.72. The van der Waals surface area contributed by atoms with Crippen molar-refractivity contribution in [2.45, 2.75) is 56.9 Å². The van der Waals surface area contributed by atoms with Crippen LogP contribution in [-0.2, 0) is 4.74 Å². The first-order chi connectivity index (χ1) is 17.2. The topological polar surface area (TPSA) is 85.5 Å². The van der Waals surface area contributed by atoms with Crippen LogP contribution in [0.25, 0.3) is 22.4 Å². The van der Waals surface area contributed by atoms with E-state index < -0.39 is 11.1 Å². The van der Waals surface area contributed by atoms with Gasteiger partial charge in [-0.05, 0) is 56.5 Å². The van der Waals surface area contributed by atoms with Crippen LogP contribution in [0.1, 0.15) is 37.1 Å². The van der Waals surface area contributed by atoms with Crippen LogP contribution in [0.4, 0.5) is 10.2 Å². The van der Waals surface area contributed by atoms with Gasteiger partial charge in [0.2, 0.25) is 0 Å². The minimum Gasteiger partial charge on any atom is -0.516 e. The molecule has 1 atom stereocenters. The number of anilines is 1. The predicted octanol–water partition coefficient (Wildman–Crippen LogP) is 2.27. The number of hydrogen-bond acceptors (Lipinski definition) is 8. The highest BCUT2D eigenvalue weighted by molar-refractivity contribution is 6.58. The van der Waals surface area contributed by atoms with E-state index in [0.717, 1.165) is 57.6 Å². The number of hydrogen-bond donors (Lipinski definition) is 1. The van der Waals surface area contributed by atoms with Crippen molar-refractivity contribution < 1.29 is 18.4 Å². The summed E-state index contributed by atoms with van der Waals surface area (Å²) in [6.07, 6.45) is 4.08. The molecule has 5 rings (SSSR count). The first kappa shape index (κ1) is 25.1. The van der Waals surface area contributed by atoms with Crippen LogP contribution >= 0.6 is 0 Å². The van der Waals surface area contributed by atoms with Gasteiger partial charge in [0, 0.05) is 43.2 Å². The Morgan fingerprint density at radius 2 is 1.89 bits per heavy atom. The van der Waals surface area contributed by atoms with Gasteiger partial charge in [0.15, 0.2) is 11.6 Å². The monoisotopic (exact) mass is 485 g/mol. The number of pyridine rings is 1. The molecule has 36 heavy (non-hydrogen) atoms. The summed E-state index contributed by atoms with van der Waals surface area (Å²) in [6, 6.07) is 3.58. The van der Waals surface area contributed by atoms with Crippen LogP contribution in [0.3, 0.4) is 0 Å². The van der Waals surface area contributed by atoms with Gasteiger partial charge < -0.3 is 24.2 Å². The Labute approximate surface area is 213 Å². The van der Waals surface area contributed by atoms with Gasteiger partial charge in [0.1, 0.15) is 40.6 Å². The van der Waals surface area contributed by atoms with Gasteiger partial charge in [-0.3, -0.25) is 0 Å². The van der Waals surface area contributed by atoms with Crippen molar-refractivity contribution in [2.24, 2.45) is 0 Å². The standard InChI is InChI=1S/C24H27B3FN5O3/c1-13-18-10-17(35-24(25,26)27)11-19(28)21(18)31-22(20(13)23-29-14(2)32-36-23)33-7-5-15(6-8-33)30-16-4-3-9-34-12-16/h10-11,15-16,30H,3-9,12H2,1-2H3/t16-/m1/s1. The van der Waals surface area contributed by atoms with E-state index in [-0.39, 0.29) is 11.3 Å². The average Bonchev–Trinajstić information content (AvgIpc) is 3.25. The molecule has 0 aliphatic carbocycles. The quantitative estimate of drug-likeness (QED) is 0.533. The molecule has 12 heteroatoms. The summed E-state index contributed by atoms with van der Waals surface area (Å²) in [5, 5.41) is 6.26. The summed E-state index contributed by atoms with van der Waals surface area (Å²) in [5.41, 5.74) is 1.58. The van der Waals surface area contributed by atoms with Gasteiger partial charge in [-0.25, -0.2) is 9.37 Å². The second-order valence-electron chi connectivity index (χ2n) is 9.68. The second-order valence-corrected chi connectivity index (χ2v) is 9.68. The number of nitrogens with zero attached hydrogens (tertiary/aromatic N) is 4. The lowest BCUT2D eigenvalue weighted by Gasteiger charge is -2.36. The van der Waals surface area contributed by atoms with E-state index in [9.17, 15) is 0 Å². The maximum Gasteiger partial charge on any atom is 0.261 e. The number of piperidine rings is 1. The molecular formula is C24H27B3FN5O3. The third-order valence-electron chi connectivity index (χ3n) is 6.72. The molecule has 0 spiro atoms. The molecule has 0 amide bonds. The van der Waals surface area contributed by atoms with Crippen LogP contribution in [0.5, 0.6) is 5.75 Å². The Hall–Kier alpha value is -2.59. The van der Waals surface area contributed by atoms with Gasteiger partial charge in [0.05, 0.1) is 12.2 Å². The fourth-order valence-corrected chi connectivity index (χ4v) is 5.05. The highest BCUT2D eigenvalue weighted by Gasteiger charge is 2.29. The fourth-order valence-electron chi connectivity index (χ4n) is 5.05. The Balaban J connectivity index is 1.49. The molecule has 6 radical (unpaired) electrons. The largest absolute Gasteiger partial charge is 0.516 e. The molecule has 4 heterocycles. The summed E-state index contributed by atoms with van der Waals surface area (Å²) in [4.78, 5) is 11.4. The first-order valence-electron chi connectivity index (χ1n) is 12.3. The first-order valence-corrected chi connectivity index (χ1v) is 12.3. The highest BCUT2D eigenvalue weighted by Crippen LogP contribution is 2.39. The molecule has 1 N–H and O–H groups in total. The summed E-state index contributed by atoms with van der Waals surface area (Å²) in [7, 11) is 16.7. The van der Waals surface area contributed by atoms with Crippen molar-refractivity contribution in [1.82, 2.24) is 20.4 Å². The Kier molecular flexibility index (Phi) is 7.00. The van der Waals surface area contributed by atoms with Crippen molar-refractivity contribution in [1.29, 1.82) is 0 Å². The Morgan fingerprint density at radius 3 is 2.53 bits per heavy atom. The van der Waals surface area contributed by atoms with Gasteiger partial charge in [0.25, 0.3) is 5.89 Å². The lowest BCUT2D eigenvalue weighted by molar-refractivity contribution is 0.0650. The fraction of sp³-hybridized carbons (Fsp3) is 0.542. The molecule has 2 aromatic heterocycles. The van der Waals surface area contributed by atoms with E-state index in [1.807, 2.05) is 6.92 Å². The summed E-state index contributed by atoms with van der Waals surface area (Å²) >= 11 is 0. The smallest absolute Gasteiger partial charge is 0.261 e. The summed E-state index contributed by atoms with van der Waals surface area (Å²) < 4.78 is 31.7. The molecule has 2 saturated heterocycles. The van der Waals surface area contributed by atoms with Crippen molar-refractivity contribution in [3.05, 3.63) is 29.3 Å². The van der Waals surface area contributed by atoms with Crippen molar-refractivity contribution in [3.8, 4) is 17.2 Å². The van der Waals surface area contributed by atoms with Crippen molar-refractivity contribution >= 4 is 40.3 Å². The minimum atomic E-state index is -1.95. The van der Waals surface area contributed by atoms with Gasteiger partial charge in [-0.1, -0.05) is 5.16 Å². The average molecular weight is 485 g/mol. The van der Waals surface area contributed by atoms with Crippen LogP contribution in [0, 0.1) is 19.7 Å². The lowest BCUT2D eigenvalue weighted by atomic mass is 9.52. The number of rotatable bonds is 6. The van der Waals surface area contributed by atoms with Crippen LogP contribution in [-0.4, -0.2) is 82.3 Å². The molecular weight excluding hydrogens is 458 g/mol. The Morgan fingerprint density at radius 1 is 1.11 bits per heavy atom. The maximum atomic E-state index is 15.3. The number of aryl methyl sites for hydroxylation is 2. The second kappa shape index (κ2) is 10.1.